The van der Waals surface area contributed by atoms with Crippen LogP contribution in [0.15, 0.2) is 42.9 Å². The molecule has 3 aromatic rings. The zero-order chi connectivity index (χ0) is 13.5. The van der Waals surface area contributed by atoms with Crippen LogP contribution in [0.3, 0.4) is 0 Å². The van der Waals surface area contributed by atoms with E-state index in [1.54, 1.807) is 0 Å². The van der Waals surface area contributed by atoms with Gasteiger partial charge in [0.25, 0.3) is 0 Å². The summed E-state index contributed by atoms with van der Waals surface area (Å²) in [6.45, 7) is 1.90. The van der Waals surface area contributed by atoms with Gasteiger partial charge in [-0.2, -0.15) is 0 Å². The number of aromatic nitrogens is 2. The molecule has 1 aliphatic rings. The Hall–Kier alpha value is -2.00. The predicted octanol–water partition coefficient (Wildman–Crippen LogP) is 3.78. The minimum atomic E-state index is 0.770. The van der Waals surface area contributed by atoms with Crippen molar-refractivity contribution in [1.29, 1.82) is 0 Å². The third-order valence-corrected chi connectivity index (χ3v) is 4.19. The van der Waals surface area contributed by atoms with Crippen LogP contribution in [-0.4, -0.2) is 16.5 Å². The average Bonchev–Trinajstić information content (AvgIpc) is 2.94. The largest absolute Gasteiger partial charge is 0.366 e. The van der Waals surface area contributed by atoms with Gasteiger partial charge in [-0.25, -0.2) is 0 Å². The summed E-state index contributed by atoms with van der Waals surface area (Å²) in [4.78, 5) is 9.85. The van der Waals surface area contributed by atoms with Gasteiger partial charge < -0.3 is 9.88 Å². The van der Waals surface area contributed by atoms with E-state index in [2.05, 4.69) is 33.1 Å². The molecule has 4 heteroatoms. The summed E-state index contributed by atoms with van der Waals surface area (Å²) in [6.07, 6.45) is 6.86. The van der Waals surface area contributed by atoms with E-state index in [1.165, 1.54) is 22.2 Å². The van der Waals surface area contributed by atoms with E-state index in [1.807, 2.05) is 24.7 Å². The Labute approximate surface area is 122 Å². The highest BCUT2D eigenvalue weighted by molar-refractivity contribution is 6.31. The van der Waals surface area contributed by atoms with E-state index in [-0.39, 0.29) is 0 Å². The molecule has 0 spiro atoms. The molecule has 0 amide bonds. The van der Waals surface area contributed by atoms with Gasteiger partial charge in [0.15, 0.2) is 0 Å². The molecule has 0 fully saturated rings. The topological polar surface area (TPSA) is 31.9 Å². The van der Waals surface area contributed by atoms with Crippen molar-refractivity contribution >= 4 is 28.2 Å². The van der Waals surface area contributed by atoms with Crippen molar-refractivity contribution in [2.24, 2.45) is 0 Å². The number of hydrogen-bond donors (Lipinski definition) is 1. The molecule has 1 N–H and O–H groups in total. The second kappa shape index (κ2) is 4.53. The van der Waals surface area contributed by atoms with Crippen molar-refractivity contribution in [3.05, 3.63) is 59.0 Å². The van der Waals surface area contributed by atoms with Gasteiger partial charge in [0.2, 0.25) is 0 Å². The van der Waals surface area contributed by atoms with Crippen molar-refractivity contribution in [1.82, 2.24) is 9.97 Å². The number of aromatic amines is 1. The number of fused-ring (bicyclic) bond motifs is 2. The fourth-order valence-corrected chi connectivity index (χ4v) is 3.18. The van der Waals surface area contributed by atoms with E-state index in [4.69, 9.17) is 11.6 Å². The SMILES string of the molecule is Clc1cc(N2CCc3ccncc3C2)c2cc[nH]c2c1. The first kappa shape index (κ1) is 11.8. The van der Waals surface area contributed by atoms with Crippen molar-refractivity contribution in [2.45, 2.75) is 13.0 Å². The Bertz CT molecular complexity index is 778. The van der Waals surface area contributed by atoms with Gasteiger partial charge in [-0.3, -0.25) is 4.98 Å². The maximum atomic E-state index is 6.24. The van der Waals surface area contributed by atoms with Crippen molar-refractivity contribution in [2.75, 3.05) is 11.4 Å². The lowest BCUT2D eigenvalue weighted by atomic mass is 10.0. The number of halogens is 1. The first-order valence-electron chi connectivity index (χ1n) is 6.74. The minimum absolute atomic E-state index is 0.770. The van der Waals surface area contributed by atoms with Crippen LogP contribution in [0.2, 0.25) is 5.02 Å². The summed E-state index contributed by atoms with van der Waals surface area (Å²) in [6, 6.07) is 8.26. The molecule has 1 aliphatic heterocycles. The quantitative estimate of drug-likeness (QED) is 0.737. The molecule has 0 radical (unpaired) electrons. The first-order valence-corrected chi connectivity index (χ1v) is 7.12. The third-order valence-electron chi connectivity index (χ3n) is 3.97. The number of benzene rings is 1. The first-order chi connectivity index (χ1) is 9.81. The molecule has 0 saturated carbocycles. The van der Waals surface area contributed by atoms with Gasteiger partial charge in [0.1, 0.15) is 0 Å². The summed E-state index contributed by atoms with van der Waals surface area (Å²) in [7, 11) is 0. The van der Waals surface area contributed by atoms with Gasteiger partial charge >= 0.3 is 0 Å². The molecule has 0 atom stereocenters. The molecule has 0 saturated heterocycles. The molecule has 3 heterocycles. The maximum absolute atomic E-state index is 6.24. The zero-order valence-corrected chi connectivity index (χ0v) is 11.7. The Morgan fingerprint density at radius 1 is 1.20 bits per heavy atom. The molecular formula is C16H14ClN3. The van der Waals surface area contributed by atoms with E-state index in [0.717, 1.165) is 30.0 Å². The van der Waals surface area contributed by atoms with Crippen LogP contribution in [0.5, 0.6) is 0 Å². The van der Waals surface area contributed by atoms with Crippen molar-refractivity contribution in [3.8, 4) is 0 Å². The summed E-state index contributed by atoms with van der Waals surface area (Å²) in [5.74, 6) is 0. The standard InChI is InChI=1S/C16H14ClN3/c17-13-7-15-14(2-5-19-15)16(8-13)20-6-3-11-1-4-18-9-12(11)10-20/h1-2,4-5,7-9,19H,3,6,10H2. The molecule has 0 bridgehead atoms. The van der Waals surface area contributed by atoms with Crippen LogP contribution >= 0.6 is 11.6 Å². The molecular weight excluding hydrogens is 270 g/mol. The van der Waals surface area contributed by atoms with Gasteiger partial charge in [-0.15, -0.1) is 0 Å². The highest BCUT2D eigenvalue weighted by atomic mass is 35.5. The number of pyridine rings is 1. The number of anilines is 1. The smallest absolute Gasteiger partial charge is 0.0489 e. The monoisotopic (exact) mass is 283 g/mol. The second-order valence-electron chi connectivity index (χ2n) is 5.18. The number of nitrogens with zero attached hydrogens (tertiary/aromatic N) is 2. The molecule has 4 rings (SSSR count). The molecule has 3 nitrogen and oxygen atoms in total. The number of H-pyrrole nitrogens is 1. The fraction of sp³-hybridized carbons (Fsp3) is 0.188. The molecule has 1 aromatic carbocycles. The lowest BCUT2D eigenvalue weighted by Crippen LogP contribution is -2.30. The zero-order valence-electron chi connectivity index (χ0n) is 10.9. The van der Waals surface area contributed by atoms with Gasteiger partial charge in [-0.1, -0.05) is 11.6 Å². The lowest BCUT2D eigenvalue weighted by Gasteiger charge is -2.31. The Kier molecular flexibility index (Phi) is 2.67. The van der Waals surface area contributed by atoms with E-state index in [9.17, 15) is 0 Å². The Morgan fingerprint density at radius 2 is 2.15 bits per heavy atom. The molecule has 0 unspecified atom stereocenters. The van der Waals surface area contributed by atoms with Crippen LogP contribution in [0.4, 0.5) is 5.69 Å². The normalized spacial score (nSPS) is 14.6. The van der Waals surface area contributed by atoms with Crippen molar-refractivity contribution < 1.29 is 0 Å². The third kappa shape index (κ3) is 1.86. The van der Waals surface area contributed by atoms with Gasteiger partial charge in [0, 0.05) is 53.3 Å². The van der Waals surface area contributed by atoms with E-state index >= 15 is 0 Å². The van der Waals surface area contributed by atoms with Gasteiger partial charge in [-0.05, 0) is 41.8 Å². The Morgan fingerprint density at radius 3 is 3.10 bits per heavy atom. The number of nitrogens with one attached hydrogen (secondary N) is 1. The molecule has 0 aliphatic carbocycles. The van der Waals surface area contributed by atoms with Crippen LogP contribution in [-0.2, 0) is 13.0 Å². The van der Waals surface area contributed by atoms with Crippen LogP contribution in [0.25, 0.3) is 10.9 Å². The summed E-state index contributed by atoms with van der Waals surface area (Å²) in [5, 5.41) is 1.99. The van der Waals surface area contributed by atoms with Crippen LogP contribution < -0.4 is 4.90 Å². The molecule has 20 heavy (non-hydrogen) atoms. The van der Waals surface area contributed by atoms with E-state index < -0.39 is 0 Å². The van der Waals surface area contributed by atoms with Crippen LogP contribution in [0, 0.1) is 0 Å². The minimum Gasteiger partial charge on any atom is -0.366 e. The highest BCUT2D eigenvalue weighted by Crippen LogP contribution is 2.33. The lowest BCUT2D eigenvalue weighted by molar-refractivity contribution is 0.730. The fourth-order valence-electron chi connectivity index (χ4n) is 2.96. The number of hydrogen-bond acceptors (Lipinski definition) is 2. The Balaban J connectivity index is 1.79. The summed E-state index contributed by atoms with van der Waals surface area (Å²) in [5.41, 5.74) is 5.00. The maximum Gasteiger partial charge on any atom is 0.0489 e. The van der Waals surface area contributed by atoms with Crippen molar-refractivity contribution in [3.63, 3.8) is 0 Å². The number of rotatable bonds is 1. The van der Waals surface area contributed by atoms with Crippen LogP contribution in [0.1, 0.15) is 11.1 Å². The van der Waals surface area contributed by atoms with E-state index in [0.29, 0.717) is 0 Å². The summed E-state index contributed by atoms with van der Waals surface area (Å²) >= 11 is 6.24. The second-order valence-corrected chi connectivity index (χ2v) is 5.62. The van der Waals surface area contributed by atoms with Gasteiger partial charge in [0.05, 0.1) is 0 Å². The predicted molar refractivity (Wildman–Crippen MR) is 82.3 cm³/mol. The molecule has 100 valence electrons. The molecule has 2 aromatic heterocycles. The highest BCUT2D eigenvalue weighted by Gasteiger charge is 2.18. The summed E-state index contributed by atoms with van der Waals surface area (Å²) < 4.78 is 0. The average molecular weight is 284 g/mol.